The molecule has 1 aromatic rings. The molecule has 0 radical (unpaired) electrons. The van der Waals surface area contributed by atoms with Gasteiger partial charge in [-0.15, -0.1) is 0 Å². The van der Waals surface area contributed by atoms with E-state index in [-0.39, 0.29) is 0 Å². The predicted molar refractivity (Wildman–Crippen MR) is 60.3 cm³/mol. The van der Waals surface area contributed by atoms with Crippen molar-refractivity contribution >= 4 is 15.7 Å². The molecule has 0 aromatic heterocycles. The number of aliphatic hydroxyl groups is 1. The number of non-ortho nitro benzene ring substituents is 1. The van der Waals surface area contributed by atoms with Crippen molar-refractivity contribution in [2.45, 2.75) is 17.2 Å². The zero-order chi connectivity index (χ0) is 16.4. The summed E-state index contributed by atoms with van der Waals surface area (Å²) in [6.45, 7) is -1.41. The average molecular weight is 332 g/mol. The van der Waals surface area contributed by atoms with Crippen LogP contribution >= 0.6 is 0 Å². The molecule has 2 N–H and O–H groups in total. The Bertz CT molecular complexity index is 646. The van der Waals surface area contributed by atoms with Gasteiger partial charge < -0.3 is 5.11 Å². The summed E-state index contributed by atoms with van der Waals surface area (Å²) in [6.07, 6.45) is -8.01. The summed E-state index contributed by atoms with van der Waals surface area (Å²) < 4.78 is 74.0. The van der Waals surface area contributed by atoms with E-state index in [1.165, 1.54) is 4.72 Å². The topological polar surface area (TPSA) is 110 Å². The van der Waals surface area contributed by atoms with Gasteiger partial charge in [-0.3, -0.25) is 10.1 Å². The Kier molecular flexibility index (Phi) is 4.86. The first-order chi connectivity index (χ1) is 9.45. The number of nitrogens with zero attached hydrogens (tertiary/aromatic N) is 1. The van der Waals surface area contributed by atoms with E-state index in [0.717, 1.165) is 0 Å². The molecule has 0 amide bonds. The first kappa shape index (κ1) is 17.3. The van der Waals surface area contributed by atoms with Crippen LogP contribution in [0.3, 0.4) is 0 Å². The third-order valence-corrected chi connectivity index (χ3v) is 3.72. The molecule has 0 saturated heterocycles. The van der Waals surface area contributed by atoms with Crippen LogP contribution in [0.2, 0.25) is 0 Å². The second-order valence-corrected chi connectivity index (χ2v) is 5.52. The summed E-state index contributed by atoms with van der Waals surface area (Å²) in [6, 6.07) is 1.53. The molecular weight excluding hydrogens is 324 g/mol. The molecule has 1 unspecified atom stereocenters. The third-order valence-electron chi connectivity index (χ3n) is 2.26. The quantitative estimate of drug-likeness (QED) is 0.474. The lowest BCUT2D eigenvalue weighted by atomic mass is 10.3. The van der Waals surface area contributed by atoms with Gasteiger partial charge in [-0.2, -0.15) is 13.2 Å². The maximum absolute atomic E-state index is 13.5. The Balaban J connectivity index is 2.96. The van der Waals surface area contributed by atoms with Gasteiger partial charge in [-0.05, 0) is 6.07 Å². The van der Waals surface area contributed by atoms with Crippen LogP contribution in [0.4, 0.5) is 23.2 Å². The standard InChI is InChI=1S/C9H8F4N2O5S/c10-6-3-5(15(17)18)1-2-7(6)21(19,20)14-4-8(16)9(11,12)13/h1-3,8,14,16H,4H2. The van der Waals surface area contributed by atoms with Crippen LogP contribution in [0, 0.1) is 15.9 Å². The van der Waals surface area contributed by atoms with E-state index < -0.39 is 50.2 Å². The number of aliphatic hydroxyl groups excluding tert-OH is 1. The Hall–Kier alpha value is -1.79. The van der Waals surface area contributed by atoms with Crippen molar-refractivity contribution in [1.82, 2.24) is 4.72 Å². The molecule has 12 heteroatoms. The normalized spacial score (nSPS) is 14.0. The van der Waals surface area contributed by atoms with Gasteiger partial charge in [0.15, 0.2) is 6.10 Å². The molecule has 0 aliphatic heterocycles. The number of rotatable bonds is 5. The Morgan fingerprint density at radius 3 is 2.38 bits per heavy atom. The number of halogens is 4. The highest BCUT2D eigenvalue weighted by Crippen LogP contribution is 2.22. The first-order valence-electron chi connectivity index (χ1n) is 5.13. The van der Waals surface area contributed by atoms with Crippen molar-refractivity contribution in [2.24, 2.45) is 0 Å². The maximum Gasteiger partial charge on any atom is 0.415 e. The van der Waals surface area contributed by atoms with Crippen LogP contribution < -0.4 is 4.72 Å². The van der Waals surface area contributed by atoms with Crippen molar-refractivity contribution in [1.29, 1.82) is 0 Å². The fraction of sp³-hybridized carbons (Fsp3) is 0.333. The van der Waals surface area contributed by atoms with Gasteiger partial charge in [-0.25, -0.2) is 17.5 Å². The molecule has 0 aliphatic carbocycles. The van der Waals surface area contributed by atoms with Crippen LogP contribution in [0.1, 0.15) is 0 Å². The van der Waals surface area contributed by atoms with Gasteiger partial charge in [0, 0.05) is 12.6 Å². The van der Waals surface area contributed by atoms with Crippen molar-refractivity contribution in [3.63, 3.8) is 0 Å². The molecule has 0 bridgehead atoms. The Morgan fingerprint density at radius 1 is 1.38 bits per heavy atom. The third kappa shape index (κ3) is 4.34. The lowest BCUT2D eigenvalue weighted by Gasteiger charge is -2.15. The molecule has 7 nitrogen and oxygen atoms in total. The average Bonchev–Trinajstić information content (AvgIpc) is 2.34. The predicted octanol–water partition coefficient (Wildman–Crippen LogP) is 0.935. The Labute approximate surface area is 115 Å². The molecule has 0 spiro atoms. The first-order valence-corrected chi connectivity index (χ1v) is 6.62. The van der Waals surface area contributed by atoms with Crippen LogP contribution in [0.5, 0.6) is 0 Å². The number of sulfonamides is 1. The largest absolute Gasteiger partial charge is 0.415 e. The summed E-state index contributed by atoms with van der Waals surface area (Å²) >= 11 is 0. The molecule has 1 rings (SSSR count). The van der Waals surface area contributed by atoms with Crippen LogP contribution in [0.15, 0.2) is 23.1 Å². The Morgan fingerprint density at radius 2 is 1.95 bits per heavy atom. The van der Waals surface area contributed by atoms with Crippen molar-refractivity contribution in [2.75, 3.05) is 6.54 Å². The number of benzene rings is 1. The van der Waals surface area contributed by atoms with Crippen molar-refractivity contribution < 1.29 is 36.0 Å². The van der Waals surface area contributed by atoms with Crippen molar-refractivity contribution in [3.05, 3.63) is 34.1 Å². The fourth-order valence-electron chi connectivity index (χ4n) is 1.20. The summed E-state index contributed by atoms with van der Waals surface area (Å²) in [7, 11) is -4.70. The van der Waals surface area contributed by atoms with Crippen molar-refractivity contribution in [3.8, 4) is 0 Å². The van der Waals surface area contributed by atoms with Gasteiger partial charge in [0.2, 0.25) is 10.0 Å². The molecule has 1 atom stereocenters. The minimum absolute atomic E-state index is 0.314. The number of nitro groups is 1. The summed E-state index contributed by atoms with van der Waals surface area (Å²) in [5, 5.41) is 19.0. The molecule has 0 fully saturated rings. The van der Waals surface area contributed by atoms with E-state index in [2.05, 4.69) is 0 Å². The second-order valence-electron chi connectivity index (χ2n) is 3.78. The minimum atomic E-state index is -5.05. The lowest BCUT2D eigenvalue weighted by Crippen LogP contribution is -2.40. The fourth-order valence-corrected chi connectivity index (χ4v) is 2.30. The number of nitrogens with one attached hydrogen (secondary N) is 1. The second kappa shape index (κ2) is 5.91. The zero-order valence-corrected chi connectivity index (χ0v) is 10.8. The lowest BCUT2D eigenvalue weighted by molar-refractivity contribution is -0.385. The highest BCUT2D eigenvalue weighted by atomic mass is 32.2. The SMILES string of the molecule is O=[N+]([O-])c1ccc(S(=O)(=O)NCC(O)C(F)(F)F)c(F)c1. The van der Waals surface area contributed by atoms with E-state index in [1.54, 1.807) is 0 Å². The van der Waals surface area contributed by atoms with E-state index in [4.69, 9.17) is 5.11 Å². The molecule has 0 saturated carbocycles. The maximum atomic E-state index is 13.5. The molecule has 21 heavy (non-hydrogen) atoms. The van der Waals surface area contributed by atoms with E-state index in [1.807, 2.05) is 0 Å². The van der Waals surface area contributed by atoms with Gasteiger partial charge in [0.05, 0.1) is 11.0 Å². The molecule has 0 aliphatic rings. The number of hydrogen-bond acceptors (Lipinski definition) is 5. The zero-order valence-electron chi connectivity index (χ0n) is 9.96. The smallest absolute Gasteiger partial charge is 0.382 e. The minimum Gasteiger partial charge on any atom is -0.382 e. The van der Waals surface area contributed by atoms with Gasteiger partial charge in [0.1, 0.15) is 10.7 Å². The highest BCUT2D eigenvalue weighted by molar-refractivity contribution is 7.89. The van der Waals surface area contributed by atoms with Crippen LogP contribution in [-0.2, 0) is 10.0 Å². The highest BCUT2D eigenvalue weighted by Gasteiger charge is 2.39. The van der Waals surface area contributed by atoms with Gasteiger partial charge in [-0.1, -0.05) is 0 Å². The van der Waals surface area contributed by atoms with Gasteiger partial charge >= 0.3 is 6.18 Å². The van der Waals surface area contributed by atoms with Gasteiger partial charge in [0.25, 0.3) is 5.69 Å². The number of alkyl halides is 3. The molecular formula is C9H8F4N2O5S. The van der Waals surface area contributed by atoms with E-state index in [0.29, 0.717) is 18.2 Å². The monoisotopic (exact) mass is 332 g/mol. The van der Waals surface area contributed by atoms with Crippen LogP contribution in [-0.4, -0.2) is 37.3 Å². The number of hydrogen-bond donors (Lipinski definition) is 2. The summed E-state index contributed by atoms with van der Waals surface area (Å²) in [5.74, 6) is -1.50. The van der Waals surface area contributed by atoms with E-state index >= 15 is 0 Å². The van der Waals surface area contributed by atoms with Crippen LogP contribution in [0.25, 0.3) is 0 Å². The molecule has 1 aromatic carbocycles. The van der Waals surface area contributed by atoms with E-state index in [9.17, 15) is 36.1 Å². The molecule has 118 valence electrons. The summed E-state index contributed by atoms with van der Waals surface area (Å²) in [4.78, 5) is 8.32. The number of nitro benzene ring substituents is 1. The summed E-state index contributed by atoms with van der Waals surface area (Å²) in [5.41, 5.74) is -0.721. The molecule has 0 heterocycles.